The maximum absolute atomic E-state index is 5.97. The van der Waals surface area contributed by atoms with Crippen LogP contribution in [-0.2, 0) is 11.3 Å². The lowest BCUT2D eigenvalue weighted by Gasteiger charge is -2.33. The molecule has 0 unspecified atom stereocenters. The minimum atomic E-state index is 0.454. The zero-order valence-corrected chi connectivity index (χ0v) is 10.7. The van der Waals surface area contributed by atoms with Crippen molar-refractivity contribution in [2.75, 3.05) is 13.1 Å². The van der Waals surface area contributed by atoms with Crippen LogP contribution in [0.4, 0.5) is 0 Å². The van der Waals surface area contributed by atoms with Gasteiger partial charge in [0.1, 0.15) is 11.5 Å². The molecule has 1 aromatic heterocycles. The topological polar surface area (TPSA) is 25.6 Å². The summed E-state index contributed by atoms with van der Waals surface area (Å²) in [7, 11) is 0. The van der Waals surface area contributed by atoms with E-state index in [0.717, 1.165) is 30.5 Å². The van der Waals surface area contributed by atoms with E-state index in [-0.39, 0.29) is 0 Å². The van der Waals surface area contributed by atoms with Crippen molar-refractivity contribution in [2.45, 2.75) is 45.4 Å². The van der Waals surface area contributed by atoms with Gasteiger partial charge < -0.3 is 9.15 Å². The second-order valence-electron chi connectivity index (χ2n) is 5.52. The molecule has 2 aliphatic rings. The molecule has 3 nitrogen and oxygen atoms in total. The normalized spacial score (nSPS) is 33.9. The summed E-state index contributed by atoms with van der Waals surface area (Å²) in [4.78, 5) is 2.46. The van der Waals surface area contributed by atoms with Gasteiger partial charge in [0, 0.05) is 6.54 Å². The van der Waals surface area contributed by atoms with Crippen LogP contribution in [0.2, 0.25) is 0 Å². The third-order valence-corrected chi connectivity index (χ3v) is 4.00. The molecule has 0 aliphatic carbocycles. The Morgan fingerprint density at radius 1 is 1.41 bits per heavy atom. The summed E-state index contributed by atoms with van der Waals surface area (Å²) in [5.41, 5.74) is 0. The molecule has 2 saturated heterocycles. The second kappa shape index (κ2) is 4.46. The zero-order chi connectivity index (χ0) is 11.8. The van der Waals surface area contributed by atoms with Gasteiger partial charge in [-0.05, 0) is 51.3 Å². The van der Waals surface area contributed by atoms with E-state index in [1.807, 2.05) is 13.0 Å². The van der Waals surface area contributed by atoms with Crippen LogP contribution in [0.1, 0.15) is 31.3 Å². The van der Waals surface area contributed by atoms with E-state index in [2.05, 4.69) is 17.9 Å². The lowest BCUT2D eigenvalue weighted by atomic mass is 9.92. The summed E-state index contributed by atoms with van der Waals surface area (Å²) < 4.78 is 11.6. The Labute approximate surface area is 103 Å². The van der Waals surface area contributed by atoms with Gasteiger partial charge in [-0.1, -0.05) is 0 Å². The Kier molecular flexibility index (Phi) is 2.97. The standard InChI is InChI=1S/C14H21NO2/c1-10-3-4-13(16-10)8-15-6-5-12-7-11(2)17-14(12)9-15/h3-4,11-12,14H,5-9H2,1-2H3/t11-,12-,14+/m1/s1. The number of hydrogen-bond acceptors (Lipinski definition) is 3. The van der Waals surface area contributed by atoms with Crippen LogP contribution in [0.3, 0.4) is 0 Å². The van der Waals surface area contributed by atoms with E-state index in [0.29, 0.717) is 12.2 Å². The van der Waals surface area contributed by atoms with Crippen LogP contribution in [-0.4, -0.2) is 30.2 Å². The molecule has 17 heavy (non-hydrogen) atoms. The molecule has 2 fully saturated rings. The number of piperidine rings is 1. The highest BCUT2D eigenvalue weighted by Gasteiger charge is 2.37. The molecule has 3 heterocycles. The van der Waals surface area contributed by atoms with Crippen molar-refractivity contribution < 1.29 is 9.15 Å². The van der Waals surface area contributed by atoms with Gasteiger partial charge in [-0.3, -0.25) is 4.90 Å². The molecule has 0 N–H and O–H groups in total. The largest absolute Gasteiger partial charge is 0.465 e. The number of ether oxygens (including phenoxy) is 1. The van der Waals surface area contributed by atoms with Crippen LogP contribution in [0.15, 0.2) is 16.5 Å². The first-order valence-electron chi connectivity index (χ1n) is 6.64. The predicted molar refractivity (Wildman–Crippen MR) is 65.8 cm³/mol. The molecule has 3 rings (SSSR count). The van der Waals surface area contributed by atoms with Crippen molar-refractivity contribution in [2.24, 2.45) is 5.92 Å². The van der Waals surface area contributed by atoms with Crippen LogP contribution in [0.5, 0.6) is 0 Å². The quantitative estimate of drug-likeness (QED) is 0.788. The summed E-state index contributed by atoms with van der Waals surface area (Å²) in [5.74, 6) is 2.87. The third kappa shape index (κ3) is 2.40. The lowest BCUT2D eigenvalue weighted by Crippen LogP contribution is -2.41. The molecular formula is C14H21NO2. The van der Waals surface area contributed by atoms with Crippen molar-refractivity contribution in [3.8, 4) is 0 Å². The number of likely N-dealkylation sites (tertiary alicyclic amines) is 1. The number of aryl methyl sites for hydroxylation is 1. The molecule has 94 valence electrons. The Balaban J connectivity index is 1.59. The number of rotatable bonds is 2. The third-order valence-electron chi connectivity index (χ3n) is 4.00. The molecule has 0 radical (unpaired) electrons. The maximum atomic E-state index is 5.97. The molecule has 0 spiro atoms. The Morgan fingerprint density at radius 3 is 3.06 bits per heavy atom. The van der Waals surface area contributed by atoms with Crippen molar-refractivity contribution >= 4 is 0 Å². The first-order chi connectivity index (χ1) is 8.20. The lowest BCUT2D eigenvalue weighted by molar-refractivity contribution is -0.00429. The number of nitrogens with zero attached hydrogens (tertiary/aromatic N) is 1. The van der Waals surface area contributed by atoms with Crippen LogP contribution < -0.4 is 0 Å². The predicted octanol–water partition coefficient (Wildman–Crippen LogP) is 2.59. The maximum Gasteiger partial charge on any atom is 0.118 e. The molecule has 0 amide bonds. The minimum Gasteiger partial charge on any atom is -0.465 e. The van der Waals surface area contributed by atoms with Gasteiger partial charge in [0.15, 0.2) is 0 Å². The molecule has 0 saturated carbocycles. The van der Waals surface area contributed by atoms with Crippen molar-refractivity contribution in [3.05, 3.63) is 23.7 Å². The Morgan fingerprint density at radius 2 is 2.29 bits per heavy atom. The molecule has 0 bridgehead atoms. The first-order valence-corrected chi connectivity index (χ1v) is 6.64. The first kappa shape index (κ1) is 11.3. The number of hydrogen-bond donors (Lipinski definition) is 0. The molecule has 3 atom stereocenters. The highest BCUT2D eigenvalue weighted by Crippen LogP contribution is 2.33. The van der Waals surface area contributed by atoms with E-state index < -0.39 is 0 Å². The number of furan rings is 1. The molecule has 2 aliphatic heterocycles. The summed E-state index contributed by atoms with van der Waals surface area (Å²) in [5, 5.41) is 0. The Hall–Kier alpha value is -0.800. The smallest absolute Gasteiger partial charge is 0.118 e. The summed E-state index contributed by atoms with van der Waals surface area (Å²) >= 11 is 0. The van der Waals surface area contributed by atoms with Crippen LogP contribution in [0.25, 0.3) is 0 Å². The van der Waals surface area contributed by atoms with E-state index >= 15 is 0 Å². The highest BCUT2D eigenvalue weighted by molar-refractivity contribution is 5.05. The summed E-state index contributed by atoms with van der Waals surface area (Å²) in [6.07, 6.45) is 3.43. The van der Waals surface area contributed by atoms with Crippen molar-refractivity contribution in [1.29, 1.82) is 0 Å². The second-order valence-corrected chi connectivity index (χ2v) is 5.52. The van der Waals surface area contributed by atoms with E-state index in [1.54, 1.807) is 0 Å². The molecule has 1 aromatic rings. The molecule has 0 aromatic carbocycles. The van der Waals surface area contributed by atoms with E-state index in [4.69, 9.17) is 9.15 Å². The van der Waals surface area contributed by atoms with Crippen LogP contribution in [0, 0.1) is 12.8 Å². The zero-order valence-electron chi connectivity index (χ0n) is 10.7. The molecule has 3 heteroatoms. The van der Waals surface area contributed by atoms with Gasteiger partial charge in [0.25, 0.3) is 0 Å². The fraction of sp³-hybridized carbons (Fsp3) is 0.714. The fourth-order valence-electron chi connectivity index (χ4n) is 3.17. The van der Waals surface area contributed by atoms with Crippen molar-refractivity contribution in [3.63, 3.8) is 0 Å². The minimum absolute atomic E-state index is 0.454. The number of fused-ring (bicyclic) bond motifs is 1. The van der Waals surface area contributed by atoms with Gasteiger partial charge in [-0.25, -0.2) is 0 Å². The van der Waals surface area contributed by atoms with Gasteiger partial charge in [0.05, 0.1) is 18.8 Å². The average molecular weight is 235 g/mol. The SMILES string of the molecule is Cc1ccc(CN2CC[C@@H]3C[C@@H](C)O[C@H]3C2)o1. The summed E-state index contributed by atoms with van der Waals surface area (Å²) in [6.45, 7) is 7.36. The summed E-state index contributed by atoms with van der Waals surface area (Å²) in [6, 6.07) is 4.12. The van der Waals surface area contributed by atoms with Gasteiger partial charge in [0.2, 0.25) is 0 Å². The van der Waals surface area contributed by atoms with Crippen molar-refractivity contribution in [1.82, 2.24) is 4.90 Å². The van der Waals surface area contributed by atoms with E-state index in [1.165, 1.54) is 19.4 Å². The van der Waals surface area contributed by atoms with Gasteiger partial charge in [-0.2, -0.15) is 0 Å². The molecular weight excluding hydrogens is 214 g/mol. The van der Waals surface area contributed by atoms with E-state index in [9.17, 15) is 0 Å². The van der Waals surface area contributed by atoms with Gasteiger partial charge in [-0.15, -0.1) is 0 Å². The monoisotopic (exact) mass is 235 g/mol. The highest BCUT2D eigenvalue weighted by atomic mass is 16.5. The average Bonchev–Trinajstić information content (AvgIpc) is 2.83. The fourth-order valence-corrected chi connectivity index (χ4v) is 3.17. The Bertz CT molecular complexity index is 387. The van der Waals surface area contributed by atoms with Crippen LogP contribution >= 0.6 is 0 Å². The van der Waals surface area contributed by atoms with Gasteiger partial charge >= 0.3 is 0 Å².